The topological polar surface area (TPSA) is 64.9 Å². The van der Waals surface area contributed by atoms with E-state index in [1.54, 1.807) is 6.07 Å². The molecule has 0 fully saturated rings. The number of aromatic nitrogens is 2. The quantitative estimate of drug-likeness (QED) is 0.782. The largest absolute Gasteiger partial charge is 0.457 e. The highest BCUT2D eigenvalue weighted by molar-refractivity contribution is 7.05. The van der Waals surface area contributed by atoms with Crippen LogP contribution < -0.4 is 5.73 Å². The van der Waals surface area contributed by atoms with Crippen molar-refractivity contribution in [1.82, 2.24) is 9.59 Å². The maximum absolute atomic E-state index is 6.17. The van der Waals surface area contributed by atoms with Gasteiger partial charge in [0.2, 0.25) is 0 Å². The zero-order valence-electron chi connectivity index (χ0n) is 9.55. The van der Waals surface area contributed by atoms with Crippen molar-refractivity contribution in [2.24, 2.45) is 5.73 Å². The number of rotatable bonds is 2. The van der Waals surface area contributed by atoms with E-state index in [-0.39, 0.29) is 6.04 Å². The SMILES string of the molecule is Cc1nnsc1C(N)c1cc2cccc(Cl)c2o1. The van der Waals surface area contributed by atoms with Crippen LogP contribution in [0.1, 0.15) is 22.4 Å². The molecule has 0 spiro atoms. The first-order valence-corrected chi connectivity index (χ1v) is 6.54. The maximum atomic E-state index is 6.17. The Kier molecular flexibility index (Phi) is 2.81. The third-order valence-electron chi connectivity index (χ3n) is 2.79. The fraction of sp³-hybridized carbons (Fsp3) is 0.167. The number of hydrogen-bond donors (Lipinski definition) is 1. The molecule has 18 heavy (non-hydrogen) atoms. The summed E-state index contributed by atoms with van der Waals surface area (Å²) < 4.78 is 9.62. The lowest BCUT2D eigenvalue weighted by Gasteiger charge is -2.05. The molecule has 92 valence electrons. The van der Waals surface area contributed by atoms with Gasteiger partial charge in [0.1, 0.15) is 11.8 Å². The van der Waals surface area contributed by atoms with Gasteiger partial charge < -0.3 is 10.2 Å². The van der Waals surface area contributed by atoms with Gasteiger partial charge in [0, 0.05) is 5.39 Å². The second-order valence-corrected chi connectivity index (χ2v) is 5.20. The van der Waals surface area contributed by atoms with Crippen LogP contribution in [0.3, 0.4) is 0 Å². The molecule has 0 aliphatic heterocycles. The van der Waals surface area contributed by atoms with Crippen molar-refractivity contribution in [3.63, 3.8) is 0 Å². The lowest BCUT2D eigenvalue weighted by molar-refractivity contribution is 0.527. The van der Waals surface area contributed by atoms with Crippen molar-refractivity contribution < 1.29 is 4.42 Å². The van der Waals surface area contributed by atoms with E-state index >= 15 is 0 Å². The molecule has 2 aromatic heterocycles. The minimum absolute atomic E-state index is 0.353. The van der Waals surface area contributed by atoms with Gasteiger partial charge in [-0.05, 0) is 30.6 Å². The minimum Gasteiger partial charge on any atom is -0.457 e. The molecule has 0 aliphatic carbocycles. The van der Waals surface area contributed by atoms with Crippen LogP contribution in [0.15, 0.2) is 28.7 Å². The number of benzene rings is 1. The Morgan fingerprint density at radius 2 is 2.28 bits per heavy atom. The lowest BCUT2D eigenvalue weighted by Crippen LogP contribution is -2.10. The first kappa shape index (κ1) is 11.6. The van der Waals surface area contributed by atoms with E-state index in [1.807, 2.05) is 25.1 Å². The first-order chi connectivity index (χ1) is 8.66. The van der Waals surface area contributed by atoms with Gasteiger partial charge >= 0.3 is 0 Å². The zero-order chi connectivity index (χ0) is 12.7. The van der Waals surface area contributed by atoms with E-state index in [1.165, 1.54) is 11.5 Å². The Morgan fingerprint density at radius 1 is 1.44 bits per heavy atom. The molecule has 0 saturated heterocycles. The Bertz CT molecular complexity index is 706. The molecule has 3 rings (SSSR count). The number of nitrogens with two attached hydrogens (primary N) is 1. The summed E-state index contributed by atoms with van der Waals surface area (Å²) >= 11 is 7.36. The molecule has 0 aliphatic rings. The van der Waals surface area contributed by atoms with Crippen molar-refractivity contribution in [3.05, 3.63) is 45.6 Å². The predicted octanol–water partition coefficient (Wildman–Crippen LogP) is 3.29. The molecule has 2 N–H and O–H groups in total. The summed E-state index contributed by atoms with van der Waals surface area (Å²) in [7, 11) is 0. The number of nitrogens with zero attached hydrogens (tertiary/aromatic N) is 2. The third-order valence-corrected chi connectivity index (χ3v) is 4.00. The molecule has 0 amide bonds. The maximum Gasteiger partial charge on any atom is 0.152 e. The smallest absolute Gasteiger partial charge is 0.152 e. The summed E-state index contributed by atoms with van der Waals surface area (Å²) in [6, 6.07) is 7.18. The van der Waals surface area contributed by atoms with Crippen LogP contribution in [0.25, 0.3) is 11.0 Å². The number of halogens is 1. The standard InChI is InChI=1S/C12H10ClN3OS/c1-6-12(18-16-15-6)10(14)9-5-7-3-2-4-8(13)11(7)17-9/h2-5,10H,14H2,1H3. The number of hydrogen-bond acceptors (Lipinski definition) is 5. The molecule has 1 atom stereocenters. The average molecular weight is 280 g/mol. The molecule has 3 aromatic rings. The van der Waals surface area contributed by atoms with Crippen molar-refractivity contribution in [3.8, 4) is 0 Å². The fourth-order valence-corrected chi connectivity index (χ4v) is 2.73. The van der Waals surface area contributed by atoms with Crippen LogP contribution in [-0.4, -0.2) is 9.59 Å². The Hall–Kier alpha value is -1.43. The van der Waals surface area contributed by atoms with Crippen LogP contribution in [-0.2, 0) is 0 Å². The van der Waals surface area contributed by atoms with E-state index in [9.17, 15) is 0 Å². The van der Waals surface area contributed by atoms with Crippen molar-refractivity contribution in [1.29, 1.82) is 0 Å². The summed E-state index contributed by atoms with van der Waals surface area (Å²) in [4.78, 5) is 0.908. The van der Waals surface area contributed by atoms with Gasteiger partial charge in [-0.3, -0.25) is 0 Å². The van der Waals surface area contributed by atoms with E-state index in [0.717, 1.165) is 16.0 Å². The van der Waals surface area contributed by atoms with Gasteiger partial charge in [-0.15, -0.1) is 5.10 Å². The molecule has 4 nitrogen and oxygen atoms in total. The summed E-state index contributed by atoms with van der Waals surface area (Å²) in [5, 5.41) is 5.49. The average Bonchev–Trinajstić information content (AvgIpc) is 2.95. The third kappa shape index (κ3) is 1.80. The highest BCUT2D eigenvalue weighted by Gasteiger charge is 2.19. The van der Waals surface area contributed by atoms with Crippen molar-refractivity contribution >= 4 is 34.1 Å². The van der Waals surface area contributed by atoms with Crippen LogP contribution in [0, 0.1) is 6.92 Å². The second-order valence-electron chi connectivity index (χ2n) is 4.01. The number of para-hydroxylation sites is 1. The molecule has 0 bridgehead atoms. The Balaban J connectivity index is 2.10. The van der Waals surface area contributed by atoms with Crippen LogP contribution in [0.2, 0.25) is 5.02 Å². The number of furan rings is 1. The molecule has 6 heteroatoms. The Morgan fingerprint density at radius 3 is 2.94 bits per heavy atom. The molecular weight excluding hydrogens is 270 g/mol. The fourth-order valence-electron chi connectivity index (χ4n) is 1.85. The van der Waals surface area contributed by atoms with Crippen LogP contribution >= 0.6 is 23.1 Å². The zero-order valence-corrected chi connectivity index (χ0v) is 11.1. The van der Waals surface area contributed by atoms with Gasteiger partial charge in [0.25, 0.3) is 0 Å². The number of fused-ring (bicyclic) bond motifs is 1. The summed E-state index contributed by atoms with van der Waals surface area (Å²) in [5.74, 6) is 0.673. The second kappa shape index (κ2) is 4.35. The highest BCUT2D eigenvalue weighted by atomic mass is 35.5. The van der Waals surface area contributed by atoms with Gasteiger partial charge in [-0.25, -0.2) is 0 Å². The van der Waals surface area contributed by atoms with Gasteiger partial charge in [-0.2, -0.15) is 0 Å². The van der Waals surface area contributed by atoms with Crippen LogP contribution in [0.5, 0.6) is 0 Å². The first-order valence-electron chi connectivity index (χ1n) is 5.39. The van der Waals surface area contributed by atoms with Gasteiger partial charge in [0.15, 0.2) is 5.58 Å². The summed E-state index contributed by atoms with van der Waals surface area (Å²) in [6.07, 6.45) is 0. The molecule has 1 unspecified atom stereocenters. The van der Waals surface area contributed by atoms with Crippen LogP contribution in [0.4, 0.5) is 0 Å². The number of aryl methyl sites for hydroxylation is 1. The molecule has 1 aromatic carbocycles. The Labute approximate surface area is 113 Å². The van der Waals surface area contributed by atoms with Gasteiger partial charge in [0.05, 0.1) is 15.6 Å². The van der Waals surface area contributed by atoms with E-state index in [0.29, 0.717) is 16.4 Å². The van der Waals surface area contributed by atoms with Gasteiger partial charge in [-0.1, -0.05) is 28.2 Å². The normalized spacial score (nSPS) is 13.1. The monoisotopic (exact) mass is 279 g/mol. The molecule has 0 saturated carbocycles. The molecule has 2 heterocycles. The summed E-state index contributed by atoms with van der Waals surface area (Å²) in [6.45, 7) is 1.88. The van der Waals surface area contributed by atoms with Crippen molar-refractivity contribution in [2.45, 2.75) is 13.0 Å². The predicted molar refractivity (Wildman–Crippen MR) is 71.9 cm³/mol. The minimum atomic E-state index is -0.353. The van der Waals surface area contributed by atoms with E-state index in [4.69, 9.17) is 21.8 Å². The van der Waals surface area contributed by atoms with E-state index < -0.39 is 0 Å². The summed E-state index contributed by atoms with van der Waals surface area (Å²) in [5.41, 5.74) is 7.67. The molecule has 0 radical (unpaired) electrons. The van der Waals surface area contributed by atoms with Crippen molar-refractivity contribution in [2.75, 3.05) is 0 Å². The lowest BCUT2D eigenvalue weighted by atomic mass is 10.1. The molecular formula is C12H10ClN3OS. The highest BCUT2D eigenvalue weighted by Crippen LogP contribution is 2.32. The van der Waals surface area contributed by atoms with E-state index in [2.05, 4.69) is 9.59 Å².